The molecule has 1 aromatic carbocycles. The fraction of sp³-hybridized carbons (Fsp3) is 0.654. The smallest absolute Gasteiger partial charge is 0.307 e. The first-order valence-corrected chi connectivity index (χ1v) is 12.1. The average molecular weight is 462 g/mol. The lowest BCUT2D eigenvalue weighted by molar-refractivity contribution is -0.145. The number of amides is 1. The van der Waals surface area contributed by atoms with Crippen LogP contribution in [0.4, 0.5) is 0 Å². The minimum Gasteiger partial charge on any atom is -0.481 e. The Morgan fingerprint density at radius 2 is 1.79 bits per heavy atom. The van der Waals surface area contributed by atoms with Crippen LogP contribution in [0.15, 0.2) is 24.3 Å². The number of rotatable bonds is 14. The van der Waals surface area contributed by atoms with Crippen molar-refractivity contribution in [2.75, 3.05) is 13.2 Å². The molecule has 33 heavy (non-hydrogen) atoms. The van der Waals surface area contributed by atoms with Gasteiger partial charge in [-0.1, -0.05) is 56.0 Å². The van der Waals surface area contributed by atoms with Crippen LogP contribution in [-0.2, 0) is 30.5 Å². The molecule has 2 atom stereocenters. The molecular formula is C26H39NO6. The highest BCUT2D eigenvalue weighted by Crippen LogP contribution is 2.44. The van der Waals surface area contributed by atoms with E-state index in [4.69, 9.17) is 9.47 Å². The summed E-state index contributed by atoms with van der Waals surface area (Å²) in [4.78, 5) is 37.4. The Kier molecular flexibility index (Phi) is 10.8. The van der Waals surface area contributed by atoms with Crippen molar-refractivity contribution in [2.45, 2.75) is 84.8 Å². The van der Waals surface area contributed by atoms with Crippen molar-refractivity contribution < 1.29 is 29.0 Å². The van der Waals surface area contributed by atoms with Crippen LogP contribution in [0.3, 0.4) is 0 Å². The Morgan fingerprint density at radius 3 is 2.36 bits per heavy atom. The monoisotopic (exact) mass is 461 g/mol. The first-order chi connectivity index (χ1) is 15.8. The topological polar surface area (TPSA) is 102 Å². The van der Waals surface area contributed by atoms with Crippen LogP contribution >= 0.6 is 0 Å². The fourth-order valence-corrected chi connectivity index (χ4v) is 4.62. The third-order valence-electron chi connectivity index (χ3n) is 6.43. The number of carboxylic acids is 1. The van der Waals surface area contributed by atoms with E-state index in [2.05, 4.69) is 5.32 Å². The van der Waals surface area contributed by atoms with Gasteiger partial charge in [-0.15, -0.1) is 0 Å². The fourth-order valence-electron chi connectivity index (χ4n) is 4.62. The summed E-state index contributed by atoms with van der Waals surface area (Å²) in [6.45, 7) is 6.53. The Labute approximate surface area is 197 Å². The van der Waals surface area contributed by atoms with Gasteiger partial charge >= 0.3 is 11.9 Å². The number of carbonyl (C=O) groups is 3. The molecule has 0 spiro atoms. The Hall–Kier alpha value is -2.41. The second kappa shape index (κ2) is 13.3. The Morgan fingerprint density at radius 1 is 1.12 bits per heavy atom. The first kappa shape index (κ1) is 26.8. The molecule has 7 nitrogen and oxygen atoms in total. The molecule has 0 unspecified atom stereocenters. The van der Waals surface area contributed by atoms with E-state index in [0.717, 1.165) is 30.4 Å². The molecule has 7 heteroatoms. The molecule has 1 saturated carbocycles. The molecule has 0 saturated heterocycles. The van der Waals surface area contributed by atoms with Gasteiger partial charge in [0.2, 0.25) is 5.91 Å². The Balaban J connectivity index is 2.07. The third kappa shape index (κ3) is 8.46. The summed E-state index contributed by atoms with van der Waals surface area (Å²) >= 11 is 0. The molecule has 1 aliphatic rings. The summed E-state index contributed by atoms with van der Waals surface area (Å²) in [5.74, 6) is -1.95. The maximum Gasteiger partial charge on any atom is 0.307 e. The molecule has 2 rings (SSSR count). The second-order valence-electron chi connectivity index (χ2n) is 9.20. The molecule has 1 aromatic rings. The van der Waals surface area contributed by atoms with Gasteiger partial charge in [0.25, 0.3) is 0 Å². The van der Waals surface area contributed by atoms with Crippen molar-refractivity contribution in [1.29, 1.82) is 0 Å². The maximum atomic E-state index is 13.4. The van der Waals surface area contributed by atoms with E-state index < -0.39 is 29.3 Å². The Bertz CT molecular complexity index is 769. The van der Waals surface area contributed by atoms with Gasteiger partial charge in [-0.25, -0.2) is 0 Å². The number of carboxylic acid groups (broad SMARTS) is 1. The summed E-state index contributed by atoms with van der Waals surface area (Å²) < 4.78 is 10.9. The minimum absolute atomic E-state index is 0.0148. The van der Waals surface area contributed by atoms with E-state index in [1.807, 2.05) is 38.1 Å². The zero-order valence-corrected chi connectivity index (χ0v) is 20.2. The van der Waals surface area contributed by atoms with Gasteiger partial charge in [-0.05, 0) is 45.1 Å². The predicted molar refractivity (Wildman–Crippen MR) is 126 cm³/mol. The molecule has 1 amide bonds. The molecular weight excluding hydrogens is 422 g/mol. The molecule has 1 fully saturated rings. The summed E-state index contributed by atoms with van der Waals surface area (Å²) in [5.41, 5.74) is 1.47. The van der Waals surface area contributed by atoms with Gasteiger partial charge < -0.3 is 19.9 Å². The number of hydrogen-bond acceptors (Lipinski definition) is 5. The lowest BCUT2D eigenvalue weighted by atomic mass is 9.75. The van der Waals surface area contributed by atoms with E-state index in [-0.39, 0.29) is 25.5 Å². The van der Waals surface area contributed by atoms with Crippen molar-refractivity contribution in [1.82, 2.24) is 5.32 Å². The zero-order valence-electron chi connectivity index (χ0n) is 20.2. The summed E-state index contributed by atoms with van der Waals surface area (Å²) in [7, 11) is 0. The summed E-state index contributed by atoms with van der Waals surface area (Å²) in [6.07, 6.45) is 4.80. The van der Waals surface area contributed by atoms with Crippen molar-refractivity contribution in [3.05, 3.63) is 35.4 Å². The van der Waals surface area contributed by atoms with Gasteiger partial charge in [-0.2, -0.15) is 0 Å². The van der Waals surface area contributed by atoms with Crippen molar-refractivity contribution in [3.63, 3.8) is 0 Å². The number of aryl methyl sites for hydroxylation is 1. The molecule has 0 radical (unpaired) electrons. The second-order valence-corrected chi connectivity index (χ2v) is 9.20. The maximum absolute atomic E-state index is 13.4. The van der Waals surface area contributed by atoms with Crippen LogP contribution in [0, 0.1) is 18.3 Å². The highest BCUT2D eigenvalue weighted by Gasteiger charge is 2.44. The van der Waals surface area contributed by atoms with Gasteiger partial charge in [0.05, 0.1) is 43.6 Å². The summed E-state index contributed by atoms with van der Waals surface area (Å²) in [6, 6.07) is 7.46. The van der Waals surface area contributed by atoms with Crippen molar-refractivity contribution in [2.24, 2.45) is 11.3 Å². The third-order valence-corrected chi connectivity index (χ3v) is 6.43. The number of aliphatic carboxylic acids is 1. The van der Waals surface area contributed by atoms with E-state index >= 15 is 0 Å². The molecule has 2 N–H and O–H groups in total. The van der Waals surface area contributed by atoms with Crippen LogP contribution in [0.1, 0.15) is 76.3 Å². The van der Waals surface area contributed by atoms with E-state index in [1.54, 1.807) is 6.92 Å². The van der Waals surface area contributed by atoms with E-state index in [1.165, 1.54) is 0 Å². The van der Waals surface area contributed by atoms with E-state index in [0.29, 0.717) is 32.3 Å². The van der Waals surface area contributed by atoms with Gasteiger partial charge in [-0.3, -0.25) is 14.4 Å². The highest BCUT2D eigenvalue weighted by atomic mass is 16.5. The molecule has 184 valence electrons. The quantitative estimate of drug-likeness (QED) is 0.398. The molecule has 1 aliphatic carbocycles. The van der Waals surface area contributed by atoms with Crippen molar-refractivity contribution in [3.8, 4) is 0 Å². The number of ether oxygens (including phenoxy) is 2. The van der Waals surface area contributed by atoms with Gasteiger partial charge in [0.15, 0.2) is 0 Å². The standard InChI is InChI=1S/C26H39NO6/c1-4-8-21(24(29)30)16-26(13-6-7-14-26)25(31)27-22(15-23(28)33-5-2)18-32-17-20-11-9-19(3)10-12-20/h9-12,21-22H,4-8,13-18H2,1-3H3,(H,27,31)(H,29,30)/t21-,22-/m1/s1. The average Bonchev–Trinajstić information content (AvgIpc) is 3.25. The van der Waals surface area contributed by atoms with Crippen LogP contribution in [0.5, 0.6) is 0 Å². The van der Waals surface area contributed by atoms with Crippen LogP contribution < -0.4 is 5.32 Å². The minimum atomic E-state index is -0.847. The number of benzene rings is 1. The molecule has 0 bridgehead atoms. The number of hydrogen-bond donors (Lipinski definition) is 2. The van der Waals surface area contributed by atoms with Crippen molar-refractivity contribution >= 4 is 17.8 Å². The number of esters is 1. The lowest BCUT2D eigenvalue weighted by Crippen LogP contribution is -2.48. The van der Waals surface area contributed by atoms with Crippen LogP contribution in [0.25, 0.3) is 0 Å². The molecule has 0 aromatic heterocycles. The molecule has 0 heterocycles. The normalized spacial score (nSPS) is 16.7. The zero-order chi connectivity index (χ0) is 24.3. The van der Waals surface area contributed by atoms with E-state index in [9.17, 15) is 19.5 Å². The van der Waals surface area contributed by atoms with Gasteiger partial charge in [0.1, 0.15) is 0 Å². The number of carbonyl (C=O) groups excluding carboxylic acids is 2. The number of nitrogens with one attached hydrogen (secondary N) is 1. The largest absolute Gasteiger partial charge is 0.481 e. The lowest BCUT2D eigenvalue weighted by Gasteiger charge is -2.32. The summed E-state index contributed by atoms with van der Waals surface area (Å²) in [5, 5.41) is 12.7. The molecule has 0 aliphatic heterocycles. The SMILES string of the molecule is CCC[C@H](CC1(C(=O)N[C@@H](COCc2ccc(C)cc2)CC(=O)OCC)CCCC1)C(=O)O. The van der Waals surface area contributed by atoms with Crippen LogP contribution in [-0.4, -0.2) is 42.2 Å². The van der Waals surface area contributed by atoms with Gasteiger partial charge in [0, 0.05) is 0 Å². The predicted octanol–water partition coefficient (Wildman–Crippen LogP) is 4.40. The first-order valence-electron chi connectivity index (χ1n) is 12.1. The highest BCUT2D eigenvalue weighted by molar-refractivity contribution is 5.84. The van der Waals surface area contributed by atoms with Crippen LogP contribution in [0.2, 0.25) is 0 Å².